The zero-order valence-electron chi connectivity index (χ0n) is 18.7. The van der Waals surface area contributed by atoms with Crippen molar-refractivity contribution in [2.45, 2.75) is 59.2 Å². The Hall–Kier alpha value is -1.86. The minimum Gasteiger partial charge on any atom is -0.483 e. The fourth-order valence-electron chi connectivity index (χ4n) is 2.99. The molecule has 5 nitrogen and oxygen atoms in total. The highest BCUT2D eigenvalue weighted by atomic mass is 79.9. The van der Waals surface area contributed by atoms with Crippen molar-refractivity contribution in [1.82, 2.24) is 10.2 Å². The van der Waals surface area contributed by atoms with Gasteiger partial charge in [0, 0.05) is 16.6 Å². The summed E-state index contributed by atoms with van der Waals surface area (Å²) in [5, 5.41) is 2.96. The van der Waals surface area contributed by atoms with Gasteiger partial charge in [-0.25, -0.2) is 0 Å². The second-order valence-electron chi connectivity index (χ2n) is 8.47. The van der Waals surface area contributed by atoms with E-state index in [9.17, 15) is 9.59 Å². The van der Waals surface area contributed by atoms with E-state index in [2.05, 4.69) is 44.1 Å². The summed E-state index contributed by atoms with van der Waals surface area (Å²) < 4.78 is 7.51. The first-order valence-corrected chi connectivity index (χ1v) is 11.9. The maximum Gasteiger partial charge on any atom is 0.261 e. The molecular weight excluding hydrogens is 524 g/mol. The largest absolute Gasteiger partial charge is 0.483 e. The van der Waals surface area contributed by atoms with Crippen LogP contribution >= 0.6 is 31.9 Å². The molecule has 1 atom stereocenters. The molecule has 2 rings (SSSR count). The van der Waals surface area contributed by atoms with Crippen LogP contribution in [-0.4, -0.2) is 34.9 Å². The third-order valence-corrected chi connectivity index (χ3v) is 5.78. The van der Waals surface area contributed by atoms with Crippen LogP contribution in [0.5, 0.6) is 5.75 Å². The molecule has 31 heavy (non-hydrogen) atoms. The quantitative estimate of drug-likeness (QED) is 0.470. The average Bonchev–Trinajstić information content (AvgIpc) is 2.69. The van der Waals surface area contributed by atoms with Crippen LogP contribution in [0.2, 0.25) is 0 Å². The van der Waals surface area contributed by atoms with Crippen molar-refractivity contribution in [1.29, 1.82) is 0 Å². The second kappa shape index (κ2) is 11.1. The van der Waals surface area contributed by atoms with Crippen molar-refractivity contribution < 1.29 is 14.3 Å². The molecule has 0 unspecified atom stereocenters. The van der Waals surface area contributed by atoms with Crippen LogP contribution < -0.4 is 10.1 Å². The van der Waals surface area contributed by atoms with Crippen molar-refractivity contribution in [3.63, 3.8) is 0 Å². The molecule has 0 aliphatic heterocycles. The zero-order chi connectivity index (χ0) is 23.2. The fourth-order valence-corrected chi connectivity index (χ4v) is 3.98. The van der Waals surface area contributed by atoms with E-state index in [0.717, 1.165) is 20.9 Å². The summed E-state index contributed by atoms with van der Waals surface area (Å²) in [6.07, 6.45) is 0.915. The summed E-state index contributed by atoms with van der Waals surface area (Å²) in [6.45, 7) is 9.70. The number of hydrogen-bond donors (Lipinski definition) is 1. The molecule has 1 N–H and O–H groups in total. The topological polar surface area (TPSA) is 58.6 Å². The molecule has 0 fully saturated rings. The predicted octanol–water partition coefficient (Wildman–Crippen LogP) is 5.48. The van der Waals surface area contributed by atoms with E-state index < -0.39 is 11.6 Å². The van der Waals surface area contributed by atoms with E-state index >= 15 is 0 Å². The molecule has 0 aromatic heterocycles. The number of nitrogens with one attached hydrogen (secondary N) is 1. The summed E-state index contributed by atoms with van der Waals surface area (Å²) in [6, 6.07) is 12.9. The standard InChI is InChI=1S/C24H30Br2N2O3/c1-6-17-10-11-21(20(26)13-17)31-15-22(29)28(14-18-8-7-9-19(25)12-18)16(2)23(30)27-24(3,4)5/h7-13,16H,6,14-15H2,1-5H3,(H,27,30)/t16-/m0/s1. The molecule has 0 aliphatic rings. The molecule has 0 bridgehead atoms. The van der Waals surface area contributed by atoms with Gasteiger partial charge in [-0.15, -0.1) is 0 Å². The maximum atomic E-state index is 13.1. The molecule has 0 saturated carbocycles. The lowest BCUT2D eigenvalue weighted by molar-refractivity contribution is -0.142. The lowest BCUT2D eigenvalue weighted by atomic mass is 10.1. The lowest BCUT2D eigenvalue weighted by Gasteiger charge is -2.31. The predicted molar refractivity (Wildman–Crippen MR) is 131 cm³/mol. The highest BCUT2D eigenvalue weighted by molar-refractivity contribution is 9.10. The van der Waals surface area contributed by atoms with Crippen LogP contribution in [0.1, 0.15) is 45.7 Å². The first-order chi connectivity index (χ1) is 14.5. The van der Waals surface area contributed by atoms with Crippen molar-refractivity contribution in [3.8, 4) is 5.75 Å². The normalized spacial score (nSPS) is 12.2. The Morgan fingerprint density at radius 2 is 1.81 bits per heavy atom. The number of nitrogens with zero attached hydrogens (tertiary/aromatic N) is 1. The molecule has 2 amide bonds. The highest BCUT2D eigenvalue weighted by Crippen LogP contribution is 2.26. The molecule has 0 saturated heterocycles. The van der Waals surface area contributed by atoms with Crippen molar-refractivity contribution in [3.05, 3.63) is 62.5 Å². The summed E-state index contributed by atoms with van der Waals surface area (Å²) in [4.78, 5) is 27.5. The van der Waals surface area contributed by atoms with E-state index in [4.69, 9.17) is 4.74 Å². The van der Waals surface area contributed by atoms with E-state index in [1.165, 1.54) is 5.56 Å². The van der Waals surface area contributed by atoms with Crippen LogP contribution in [0, 0.1) is 0 Å². The minimum absolute atomic E-state index is 0.161. The Balaban J connectivity index is 2.19. The number of benzene rings is 2. The van der Waals surface area contributed by atoms with Gasteiger partial charge in [0.25, 0.3) is 5.91 Å². The number of rotatable bonds is 8. The summed E-state index contributed by atoms with van der Waals surface area (Å²) in [5.41, 5.74) is 1.71. The minimum atomic E-state index is -0.653. The van der Waals surface area contributed by atoms with E-state index in [0.29, 0.717) is 12.3 Å². The molecule has 2 aromatic carbocycles. The lowest BCUT2D eigenvalue weighted by Crippen LogP contribution is -2.53. The van der Waals surface area contributed by atoms with Gasteiger partial charge in [0.2, 0.25) is 5.91 Å². The first kappa shape index (κ1) is 25.4. The molecule has 2 aromatic rings. The second-order valence-corrected chi connectivity index (χ2v) is 10.2. The maximum absolute atomic E-state index is 13.1. The zero-order valence-corrected chi connectivity index (χ0v) is 21.8. The van der Waals surface area contributed by atoms with Crippen LogP contribution in [0.25, 0.3) is 0 Å². The Bertz CT molecular complexity index is 925. The number of carbonyl (C=O) groups excluding carboxylic acids is 2. The van der Waals surface area contributed by atoms with Gasteiger partial charge in [0.05, 0.1) is 4.47 Å². The molecule has 7 heteroatoms. The van der Waals surface area contributed by atoms with Crippen molar-refractivity contribution in [2.75, 3.05) is 6.61 Å². The number of amides is 2. The van der Waals surface area contributed by atoms with Crippen LogP contribution in [-0.2, 0) is 22.6 Å². The van der Waals surface area contributed by atoms with Gasteiger partial charge in [-0.3, -0.25) is 9.59 Å². The molecular formula is C24H30Br2N2O3. The van der Waals surface area contributed by atoms with E-state index in [1.807, 2.05) is 63.2 Å². The fraction of sp³-hybridized carbons (Fsp3) is 0.417. The van der Waals surface area contributed by atoms with E-state index in [-0.39, 0.29) is 18.4 Å². The Morgan fingerprint density at radius 1 is 1.10 bits per heavy atom. The SMILES string of the molecule is CCc1ccc(OCC(=O)N(Cc2cccc(Br)c2)[C@@H](C)C(=O)NC(C)(C)C)c(Br)c1. The van der Waals surface area contributed by atoms with Gasteiger partial charge >= 0.3 is 0 Å². The number of ether oxygens (including phenoxy) is 1. The van der Waals surface area contributed by atoms with Gasteiger partial charge in [-0.2, -0.15) is 0 Å². The van der Waals surface area contributed by atoms with Crippen LogP contribution in [0.3, 0.4) is 0 Å². The molecule has 0 heterocycles. The van der Waals surface area contributed by atoms with Gasteiger partial charge in [0.1, 0.15) is 11.8 Å². The smallest absolute Gasteiger partial charge is 0.261 e. The van der Waals surface area contributed by atoms with Crippen LogP contribution in [0.4, 0.5) is 0 Å². The monoisotopic (exact) mass is 552 g/mol. The van der Waals surface area contributed by atoms with Gasteiger partial charge in [0.15, 0.2) is 6.61 Å². The molecule has 0 aliphatic carbocycles. The van der Waals surface area contributed by atoms with Gasteiger partial charge in [-0.05, 0) is 85.4 Å². The van der Waals surface area contributed by atoms with Gasteiger partial charge in [-0.1, -0.05) is 41.1 Å². The Kier molecular flexibility index (Phi) is 9.13. The number of halogens is 2. The Morgan fingerprint density at radius 3 is 2.39 bits per heavy atom. The van der Waals surface area contributed by atoms with Crippen molar-refractivity contribution >= 4 is 43.7 Å². The third-order valence-electron chi connectivity index (χ3n) is 4.66. The number of hydrogen-bond acceptors (Lipinski definition) is 3. The summed E-state index contributed by atoms with van der Waals surface area (Å²) in [5.74, 6) is 0.132. The summed E-state index contributed by atoms with van der Waals surface area (Å²) in [7, 11) is 0. The Labute approximate surface area is 201 Å². The van der Waals surface area contributed by atoms with Crippen molar-refractivity contribution in [2.24, 2.45) is 0 Å². The van der Waals surface area contributed by atoms with Gasteiger partial charge < -0.3 is 15.0 Å². The van der Waals surface area contributed by atoms with E-state index in [1.54, 1.807) is 11.8 Å². The third kappa shape index (κ3) is 7.96. The number of aryl methyl sites for hydroxylation is 1. The molecule has 0 spiro atoms. The molecule has 0 radical (unpaired) electrons. The first-order valence-electron chi connectivity index (χ1n) is 10.3. The molecule has 168 valence electrons. The summed E-state index contributed by atoms with van der Waals surface area (Å²) >= 11 is 6.97. The van der Waals surface area contributed by atoms with Crippen LogP contribution in [0.15, 0.2) is 51.4 Å². The number of carbonyl (C=O) groups is 2. The average molecular weight is 554 g/mol. The highest BCUT2D eigenvalue weighted by Gasteiger charge is 2.28.